The first-order valence-corrected chi connectivity index (χ1v) is 5.13. The van der Waals surface area contributed by atoms with Gasteiger partial charge in [0.25, 0.3) is 0 Å². The maximum atomic E-state index is 9.68. The van der Waals surface area contributed by atoms with E-state index in [9.17, 15) is 5.11 Å². The maximum Gasteiger partial charge on any atom is 0.0547 e. The van der Waals surface area contributed by atoms with Crippen molar-refractivity contribution in [2.45, 2.75) is 53.1 Å². The van der Waals surface area contributed by atoms with Gasteiger partial charge in [-0.15, -0.1) is 0 Å². The lowest BCUT2D eigenvalue weighted by molar-refractivity contribution is -0.0179. The van der Waals surface area contributed by atoms with Crippen molar-refractivity contribution in [1.82, 2.24) is 0 Å². The van der Waals surface area contributed by atoms with Crippen LogP contribution in [0.25, 0.3) is 0 Å². The first kappa shape index (κ1) is 10.0. The molecule has 1 N–H and O–H groups in total. The van der Waals surface area contributed by atoms with Gasteiger partial charge in [-0.3, -0.25) is 0 Å². The van der Waals surface area contributed by atoms with Crippen molar-refractivity contribution < 1.29 is 5.11 Å². The molecule has 0 aromatic carbocycles. The van der Waals surface area contributed by atoms with Gasteiger partial charge in [-0.2, -0.15) is 0 Å². The molecule has 72 valence electrons. The van der Waals surface area contributed by atoms with Gasteiger partial charge in [-0.25, -0.2) is 0 Å². The van der Waals surface area contributed by atoms with Gasteiger partial charge in [-0.05, 0) is 30.6 Å². The summed E-state index contributed by atoms with van der Waals surface area (Å²) in [6.07, 6.45) is 3.75. The van der Waals surface area contributed by atoms with Crippen LogP contribution in [-0.4, -0.2) is 11.2 Å². The van der Waals surface area contributed by atoms with Crippen LogP contribution in [0.4, 0.5) is 0 Å². The summed E-state index contributed by atoms with van der Waals surface area (Å²) in [6, 6.07) is 0. The molecular formula is C11H22O. The molecule has 1 rings (SSSR count). The Labute approximate surface area is 76.2 Å². The number of hydrogen-bond donors (Lipinski definition) is 1. The molecule has 0 aromatic rings. The quantitative estimate of drug-likeness (QED) is 0.641. The molecule has 0 saturated heterocycles. The van der Waals surface area contributed by atoms with Gasteiger partial charge in [-0.1, -0.05) is 33.6 Å². The zero-order valence-electron chi connectivity index (χ0n) is 8.80. The molecule has 0 radical (unpaired) electrons. The molecule has 1 unspecified atom stereocenters. The van der Waals surface area contributed by atoms with E-state index in [0.29, 0.717) is 17.3 Å². The average molecular weight is 170 g/mol. The topological polar surface area (TPSA) is 20.2 Å². The zero-order chi connectivity index (χ0) is 9.35. The molecule has 0 aliphatic heterocycles. The lowest BCUT2D eigenvalue weighted by Crippen LogP contribution is -2.40. The molecule has 0 spiro atoms. The summed E-state index contributed by atoms with van der Waals surface area (Å²) in [4.78, 5) is 0. The molecular weight excluding hydrogens is 148 g/mol. The minimum Gasteiger partial charge on any atom is -0.393 e. The van der Waals surface area contributed by atoms with E-state index < -0.39 is 0 Å². The Morgan fingerprint density at radius 2 is 2.00 bits per heavy atom. The van der Waals surface area contributed by atoms with Crippen LogP contribution >= 0.6 is 0 Å². The lowest BCUT2D eigenvalue weighted by atomic mass is 9.62. The number of hydrogen-bond acceptors (Lipinski definition) is 1. The van der Waals surface area contributed by atoms with Gasteiger partial charge in [0.2, 0.25) is 0 Å². The first-order valence-electron chi connectivity index (χ1n) is 5.13. The van der Waals surface area contributed by atoms with Crippen LogP contribution in [0, 0.1) is 17.3 Å². The second-order valence-corrected chi connectivity index (χ2v) is 5.12. The van der Waals surface area contributed by atoms with E-state index in [1.165, 1.54) is 19.3 Å². The summed E-state index contributed by atoms with van der Waals surface area (Å²) in [5.41, 5.74) is 0.339. The average Bonchev–Trinajstić information content (AvgIpc) is 1.82. The summed E-state index contributed by atoms with van der Waals surface area (Å²) in [7, 11) is 0. The van der Waals surface area contributed by atoms with Crippen molar-refractivity contribution >= 4 is 0 Å². The predicted molar refractivity (Wildman–Crippen MR) is 52.0 cm³/mol. The number of aliphatic hydroxyl groups is 1. The summed E-state index contributed by atoms with van der Waals surface area (Å²) >= 11 is 0. The Morgan fingerprint density at radius 3 is 2.33 bits per heavy atom. The highest BCUT2D eigenvalue weighted by Crippen LogP contribution is 2.45. The second kappa shape index (κ2) is 3.37. The highest BCUT2D eigenvalue weighted by molar-refractivity contribution is 4.88. The fourth-order valence-corrected chi connectivity index (χ4v) is 3.12. The van der Waals surface area contributed by atoms with Gasteiger partial charge in [0.05, 0.1) is 6.10 Å². The Bertz CT molecular complexity index is 149. The molecule has 0 bridgehead atoms. The maximum absolute atomic E-state index is 9.68. The van der Waals surface area contributed by atoms with Gasteiger partial charge in [0.1, 0.15) is 0 Å². The van der Waals surface area contributed by atoms with E-state index in [0.717, 1.165) is 0 Å². The first-order chi connectivity index (χ1) is 5.45. The highest BCUT2D eigenvalue weighted by atomic mass is 16.3. The van der Waals surface area contributed by atoms with Gasteiger partial charge < -0.3 is 5.11 Å². The Kier molecular flexibility index (Phi) is 2.82. The third kappa shape index (κ3) is 1.82. The standard InChI is InChI=1S/C11H22O/c1-8-6-5-7-11(3,4)10(8)9(2)12/h8-10,12H,5-7H2,1-4H3/t8-,9+,10?/m0/s1. The third-order valence-electron chi connectivity index (χ3n) is 3.52. The van der Waals surface area contributed by atoms with E-state index in [4.69, 9.17) is 0 Å². The minimum absolute atomic E-state index is 0.143. The Morgan fingerprint density at radius 1 is 1.42 bits per heavy atom. The number of rotatable bonds is 1. The van der Waals surface area contributed by atoms with Crippen LogP contribution in [0.5, 0.6) is 0 Å². The van der Waals surface area contributed by atoms with Crippen molar-refractivity contribution in [3.8, 4) is 0 Å². The van der Waals surface area contributed by atoms with Crippen LogP contribution in [0.2, 0.25) is 0 Å². The van der Waals surface area contributed by atoms with Crippen LogP contribution in [0.3, 0.4) is 0 Å². The fraction of sp³-hybridized carbons (Fsp3) is 1.00. The molecule has 1 nitrogen and oxygen atoms in total. The summed E-state index contributed by atoms with van der Waals surface area (Å²) in [5, 5.41) is 9.68. The van der Waals surface area contributed by atoms with Crippen molar-refractivity contribution in [2.24, 2.45) is 17.3 Å². The van der Waals surface area contributed by atoms with Gasteiger partial charge in [0.15, 0.2) is 0 Å². The zero-order valence-corrected chi connectivity index (χ0v) is 8.80. The summed E-state index contributed by atoms with van der Waals surface area (Å²) in [5.74, 6) is 1.18. The van der Waals surface area contributed by atoms with E-state index in [1.54, 1.807) is 0 Å². The summed E-state index contributed by atoms with van der Waals surface area (Å²) in [6.45, 7) is 8.80. The van der Waals surface area contributed by atoms with Crippen LogP contribution in [-0.2, 0) is 0 Å². The monoisotopic (exact) mass is 170 g/mol. The van der Waals surface area contributed by atoms with Crippen molar-refractivity contribution in [2.75, 3.05) is 0 Å². The molecule has 0 heterocycles. The number of aliphatic hydroxyl groups excluding tert-OH is 1. The largest absolute Gasteiger partial charge is 0.393 e. The van der Waals surface area contributed by atoms with Crippen molar-refractivity contribution in [3.63, 3.8) is 0 Å². The molecule has 0 aromatic heterocycles. The summed E-state index contributed by atoms with van der Waals surface area (Å²) < 4.78 is 0. The SMILES string of the molecule is C[C@@H](O)C1[C@@H](C)CCCC1(C)C. The minimum atomic E-state index is -0.143. The fourth-order valence-electron chi connectivity index (χ4n) is 3.12. The van der Waals surface area contributed by atoms with Crippen LogP contribution < -0.4 is 0 Å². The van der Waals surface area contributed by atoms with Gasteiger partial charge >= 0.3 is 0 Å². The second-order valence-electron chi connectivity index (χ2n) is 5.12. The van der Waals surface area contributed by atoms with Gasteiger partial charge in [0, 0.05) is 0 Å². The highest BCUT2D eigenvalue weighted by Gasteiger charge is 2.39. The van der Waals surface area contributed by atoms with Crippen LogP contribution in [0.1, 0.15) is 47.0 Å². The Hall–Kier alpha value is -0.0400. The van der Waals surface area contributed by atoms with E-state index >= 15 is 0 Å². The third-order valence-corrected chi connectivity index (χ3v) is 3.52. The normalized spacial score (nSPS) is 37.8. The molecule has 1 aliphatic rings. The van der Waals surface area contributed by atoms with Crippen molar-refractivity contribution in [3.05, 3.63) is 0 Å². The molecule has 1 heteroatoms. The molecule has 1 saturated carbocycles. The van der Waals surface area contributed by atoms with E-state index in [-0.39, 0.29) is 6.10 Å². The molecule has 1 aliphatic carbocycles. The molecule has 1 fully saturated rings. The van der Waals surface area contributed by atoms with E-state index in [2.05, 4.69) is 20.8 Å². The van der Waals surface area contributed by atoms with E-state index in [1.807, 2.05) is 6.92 Å². The molecule has 12 heavy (non-hydrogen) atoms. The predicted octanol–water partition coefficient (Wildman–Crippen LogP) is 2.83. The van der Waals surface area contributed by atoms with Crippen LogP contribution in [0.15, 0.2) is 0 Å². The lowest BCUT2D eigenvalue weighted by Gasteiger charge is -2.44. The smallest absolute Gasteiger partial charge is 0.0547 e. The van der Waals surface area contributed by atoms with Crippen molar-refractivity contribution in [1.29, 1.82) is 0 Å². The Balaban J connectivity index is 2.74. The molecule has 0 amide bonds. The molecule has 3 atom stereocenters.